The predicted octanol–water partition coefficient (Wildman–Crippen LogP) is 3.15. The van der Waals surface area contributed by atoms with Crippen LogP contribution < -0.4 is 10.2 Å². The van der Waals surface area contributed by atoms with Crippen LogP contribution in [0.4, 0.5) is 5.69 Å². The van der Waals surface area contributed by atoms with Crippen LogP contribution in [-0.2, 0) is 10.2 Å². The van der Waals surface area contributed by atoms with Gasteiger partial charge in [0.05, 0.1) is 0 Å². The van der Waals surface area contributed by atoms with Gasteiger partial charge in [-0.15, -0.1) is 0 Å². The normalized spacial score (nSPS) is 22.4. The molecule has 3 aliphatic rings. The van der Waals surface area contributed by atoms with Gasteiger partial charge in [0.15, 0.2) is 5.96 Å². The lowest BCUT2D eigenvalue weighted by molar-refractivity contribution is -0.130. The summed E-state index contributed by atoms with van der Waals surface area (Å²) in [6.45, 7) is 5.43. The molecule has 4 rings (SSSR count). The monoisotopic (exact) mass is 368 g/mol. The third kappa shape index (κ3) is 3.44. The molecule has 1 aliphatic carbocycles. The molecule has 1 saturated heterocycles. The molecule has 1 spiro atoms. The van der Waals surface area contributed by atoms with E-state index in [0.717, 1.165) is 45.0 Å². The van der Waals surface area contributed by atoms with E-state index in [4.69, 9.17) is 0 Å². The van der Waals surface area contributed by atoms with Crippen molar-refractivity contribution in [3.8, 4) is 0 Å². The Morgan fingerprint density at radius 2 is 1.93 bits per heavy atom. The van der Waals surface area contributed by atoms with E-state index in [1.165, 1.54) is 36.9 Å². The first-order chi connectivity index (χ1) is 13.1. The van der Waals surface area contributed by atoms with E-state index >= 15 is 0 Å². The molecule has 5 nitrogen and oxygen atoms in total. The summed E-state index contributed by atoms with van der Waals surface area (Å²) in [7, 11) is 1.89. The largest absolute Gasteiger partial charge is 0.356 e. The van der Waals surface area contributed by atoms with Gasteiger partial charge >= 0.3 is 0 Å². The topological polar surface area (TPSA) is 47.9 Å². The lowest BCUT2D eigenvalue weighted by atomic mass is 9.81. The molecule has 27 heavy (non-hydrogen) atoms. The van der Waals surface area contributed by atoms with Gasteiger partial charge in [-0.1, -0.05) is 31.0 Å². The number of nitrogens with one attached hydrogen (secondary N) is 1. The number of para-hydroxylation sites is 1. The molecule has 2 fully saturated rings. The van der Waals surface area contributed by atoms with Crippen LogP contribution in [0, 0.1) is 5.92 Å². The van der Waals surface area contributed by atoms with Crippen LogP contribution in [0.25, 0.3) is 0 Å². The third-order valence-corrected chi connectivity index (χ3v) is 6.86. The third-order valence-electron chi connectivity index (χ3n) is 6.86. The zero-order valence-electron chi connectivity index (χ0n) is 16.7. The lowest BCUT2D eigenvalue weighted by Gasteiger charge is -2.32. The highest BCUT2D eigenvalue weighted by Crippen LogP contribution is 2.50. The van der Waals surface area contributed by atoms with Gasteiger partial charge in [-0.05, 0) is 43.2 Å². The maximum absolute atomic E-state index is 11.5. The number of carbonyl (C=O) groups excluding carboxylic acids is 1. The minimum Gasteiger partial charge on any atom is -0.356 e. The minimum absolute atomic E-state index is 0.202. The molecule has 1 N–H and O–H groups in total. The van der Waals surface area contributed by atoms with E-state index < -0.39 is 0 Å². The van der Waals surface area contributed by atoms with E-state index in [2.05, 4.69) is 39.5 Å². The molecule has 1 aromatic carbocycles. The van der Waals surface area contributed by atoms with Crippen molar-refractivity contribution in [2.75, 3.05) is 38.1 Å². The molecule has 0 unspecified atom stereocenters. The van der Waals surface area contributed by atoms with E-state index in [9.17, 15) is 4.79 Å². The Labute approximate surface area is 162 Å². The molecule has 1 saturated carbocycles. The summed E-state index contributed by atoms with van der Waals surface area (Å²) < 4.78 is 0. The second-order valence-corrected chi connectivity index (χ2v) is 8.47. The van der Waals surface area contributed by atoms with Crippen molar-refractivity contribution >= 4 is 17.6 Å². The number of likely N-dealkylation sites (tertiary alicyclic amines) is 1. The number of guanidine groups is 1. The number of fused-ring (bicyclic) bond motifs is 2. The number of hydrogen-bond acceptors (Lipinski definition) is 2. The van der Waals surface area contributed by atoms with Crippen molar-refractivity contribution < 1.29 is 4.79 Å². The highest BCUT2D eigenvalue weighted by atomic mass is 16.2. The number of benzene rings is 1. The van der Waals surface area contributed by atoms with Crippen LogP contribution in [0.1, 0.15) is 51.0 Å². The number of rotatable bonds is 2. The zero-order valence-corrected chi connectivity index (χ0v) is 16.7. The Balaban J connectivity index is 1.43. The summed E-state index contributed by atoms with van der Waals surface area (Å²) >= 11 is 0. The van der Waals surface area contributed by atoms with Gasteiger partial charge in [-0.2, -0.15) is 0 Å². The SMILES string of the molecule is CN=C(NCC1CCN(C(C)=O)CC1)N1CC2(CCCC2)c2ccccc21. The van der Waals surface area contributed by atoms with Crippen molar-refractivity contribution in [1.29, 1.82) is 0 Å². The van der Waals surface area contributed by atoms with Gasteiger partial charge in [0.25, 0.3) is 0 Å². The van der Waals surface area contributed by atoms with Crippen molar-refractivity contribution in [2.24, 2.45) is 10.9 Å². The summed E-state index contributed by atoms with van der Waals surface area (Å²) in [5, 5.41) is 3.64. The molecular weight excluding hydrogens is 336 g/mol. The Morgan fingerprint density at radius 1 is 1.22 bits per heavy atom. The maximum Gasteiger partial charge on any atom is 0.219 e. The van der Waals surface area contributed by atoms with Gasteiger partial charge in [0, 0.05) is 51.3 Å². The van der Waals surface area contributed by atoms with Crippen LogP contribution in [0.5, 0.6) is 0 Å². The average Bonchev–Trinajstić information content (AvgIpc) is 3.29. The molecule has 0 aromatic heterocycles. The lowest BCUT2D eigenvalue weighted by Crippen LogP contribution is -2.46. The van der Waals surface area contributed by atoms with E-state index in [0.29, 0.717) is 11.3 Å². The predicted molar refractivity (Wildman–Crippen MR) is 110 cm³/mol. The fourth-order valence-corrected chi connectivity index (χ4v) is 5.28. The van der Waals surface area contributed by atoms with E-state index in [-0.39, 0.29) is 5.91 Å². The number of aliphatic imine (C=N–C) groups is 1. The Morgan fingerprint density at radius 3 is 2.59 bits per heavy atom. The Bertz CT molecular complexity index is 715. The summed E-state index contributed by atoms with van der Waals surface area (Å²) in [6.07, 6.45) is 7.40. The summed E-state index contributed by atoms with van der Waals surface area (Å²) in [4.78, 5) is 20.5. The molecule has 0 radical (unpaired) electrons. The first-order valence-electron chi connectivity index (χ1n) is 10.5. The number of amides is 1. The molecule has 2 aliphatic heterocycles. The van der Waals surface area contributed by atoms with Crippen LogP contribution >= 0.6 is 0 Å². The van der Waals surface area contributed by atoms with Gasteiger partial charge in [-0.25, -0.2) is 0 Å². The molecule has 146 valence electrons. The number of anilines is 1. The minimum atomic E-state index is 0.202. The molecule has 0 atom stereocenters. The van der Waals surface area contributed by atoms with Gasteiger partial charge in [0.2, 0.25) is 5.91 Å². The van der Waals surface area contributed by atoms with Crippen molar-refractivity contribution in [3.63, 3.8) is 0 Å². The molecule has 0 bridgehead atoms. The van der Waals surface area contributed by atoms with Crippen molar-refractivity contribution in [2.45, 2.75) is 50.9 Å². The Kier molecular flexibility index (Phi) is 5.11. The van der Waals surface area contributed by atoms with Gasteiger partial charge < -0.3 is 15.1 Å². The van der Waals surface area contributed by atoms with Crippen LogP contribution in [0.2, 0.25) is 0 Å². The standard InChI is InChI=1S/C22H32N4O/c1-17(27)25-13-9-18(10-14-25)15-24-21(23-2)26-16-22(11-5-6-12-22)19-7-3-4-8-20(19)26/h3-4,7-8,18H,5-6,9-16H2,1-2H3,(H,23,24). The summed E-state index contributed by atoms with van der Waals surface area (Å²) in [5.74, 6) is 1.81. The molecule has 2 heterocycles. The fraction of sp³-hybridized carbons (Fsp3) is 0.636. The van der Waals surface area contributed by atoms with Crippen LogP contribution in [0.3, 0.4) is 0 Å². The number of carbonyl (C=O) groups is 1. The van der Waals surface area contributed by atoms with Gasteiger partial charge in [0.1, 0.15) is 0 Å². The highest BCUT2D eigenvalue weighted by Gasteiger charge is 2.45. The molecule has 1 amide bonds. The average molecular weight is 369 g/mol. The van der Waals surface area contributed by atoms with Gasteiger partial charge in [-0.3, -0.25) is 9.79 Å². The zero-order chi connectivity index (χ0) is 18.9. The van der Waals surface area contributed by atoms with Crippen LogP contribution in [-0.4, -0.2) is 50.0 Å². The number of hydrogen-bond donors (Lipinski definition) is 1. The number of nitrogens with zero attached hydrogens (tertiary/aromatic N) is 3. The van der Waals surface area contributed by atoms with Crippen molar-refractivity contribution in [1.82, 2.24) is 10.2 Å². The highest BCUT2D eigenvalue weighted by molar-refractivity contribution is 5.98. The Hall–Kier alpha value is -2.04. The molecule has 1 aromatic rings. The molecule has 5 heteroatoms. The fourth-order valence-electron chi connectivity index (χ4n) is 5.28. The summed E-state index contributed by atoms with van der Waals surface area (Å²) in [5.41, 5.74) is 3.17. The second-order valence-electron chi connectivity index (χ2n) is 8.47. The molecular formula is C22H32N4O. The van der Waals surface area contributed by atoms with E-state index in [1.54, 1.807) is 6.92 Å². The van der Waals surface area contributed by atoms with E-state index in [1.807, 2.05) is 11.9 Å². The second kappa shape index (κ2) is 7.53. The summed E-state index contributed by atoms with van der Waals surface area (Å²) in [6, 6.07) is 8.90. The van der Waals surface area contributed by atoms with Crippen LogP contribution in [0.15, 0.2) is 29.3 Å². The quantitative estimate of drug-likeness (QED) is 0.644. The van der Waals surface area contributed by atoms with Crippen molar-refractivity contribution in [3.05, 3.63) is 29.8 Å². The first kappa shape index (κ1) is 18.3. The smallest absolute Gasteiger partial charge is 0.219 e. The maximum atomic E-state index is 11.5. The first-order valence-corrected chi connectivity index (χ1v) is 10.5. The number of piperidine rings is 1.